The molecule has 0 aromatic heterocycles. The van der Waals surface area contributed by atoms with Gasteiger partial charge >= 0.3 is 0 Å². The van der Waals surface area contributed by atoms with E-state index < -0.39 is 16.9 Å². The van der Waals surface area contributed by atoms with E-state index in [2.05, 4.69) is 63.1 Å². The summed E-state index contributed by atoms with van der Waals surface area (Å²) in [4.78, 5) is 0. The van der Waals surface area contributed by atoms with Crippen molar-refractivity contribution < 1.29 is 5.11 Å². The second kappa shape index (κ2) is 6.98. The minimum atomic E-state index is -1.03. The molecule has 0 fully saturated rings. The highest BCUT2D eigenvalue weighted by atomic mass is 28.3. The quantitative estimate of drug-likeness (QED) is 0.786. The molecule has 0 atom stereocenters. The van der Waals surface area contributed by atoms with Gasteiger partial charge in [0.15, 0.2) is 0 Å². The lowest BCUT2D eigenvalue weighted by Crippen LogP contribution is -2.37. The fourth-order valence-electron chi connectivity index (χ4n) is 0.938. The normalized spacial score (nSPS) is 10.9. The summed E-state index contributed by atoms with van der Waals surface area (Å²) < 4.78 is 0. The Labute approximate surface area is 96.8 Å². The molecule has 0 unspecified atom stereocenters. The van der Waals surface area contributed by atoms with Crippen molar-refractivity contribution in [3.05, 3.63) is 30.3 Å². The van der Waals surface area contributed by atoms with Gasteiger partial charge in [0, 0.05) is 6.23 Å². The van der Waals surface area contributed by atoms with Crippen LogP contribution in [0.3, 0.4) is 0 Å². The van der Waals surface area contributed by atoms with Crippen LogP contribution in [0.15, 0.2) is 30.3 Å². The summed E-state index contributed by atoms with van der Waals surface area (Å²) in [5, 5.41) is 9.74. The maximum atomic E-state index is 8.21. The Kier molecular flexibility index (Phi) is 6.80. The summed E-state index contributed by atoms with van der Waals surface area (Å²) in [6.07, 6.45) is 0.444. The molecule has 0 heterocycles. The van der Waals surface area contributed by atoms with Crippen LogP contribution in [0, 0.1) is 0 Å². The molecule has 0 amide bonds. The highest BCUT2D eigenvalue weighted by Gasteiger charge is 2.14. The summed E-state index contributed by atoms with van der Waals surface area (Å²) >= 11 is 0. The molecule has 86 valence electrons. The van der Waals surface area contributed by atoms with E-state index in [4.69, 9.17) is 5.11 Å². The van der Waals surface area contributed by atoms with Crippen molar-refractivity contribution in [2.45, 2.75) is 32.7 Å². The average molecular weight is 240 g/mol. The zero-order valence-electron chi connectivity index (χ0n) is 10.6. The van der Waals surface area contributed by atoms with Crippen LogP contribution in [-0.4, -0.2) is 28.2 Å². The van der Waals surface area contributed by atoms with Crippen molar-refractivity contribution in [1.29, 1.82) is 0 Å². The van der Waals surface area contributed by atoms with E-state index in [1.165, 1.54) is 5.19 Å². The van der Waals surface area contributed by atoms with Gasteiger partial charge in [-0.3, -0.25) is 0 Å². The number of rotatable bonds is 2. The molecule has 1 N–H and O–H groups in total. The van der Waals surface area contributed by atoms with E-state index in [-0.39, 0.29) is 0 Å². The molecule has 0 saturated heterocycles. The minimum Gasteiger partial charge on any atom is -0.400 e. The Balaban J connectivity index is 0.000000336. The molecule has 15 heavy (non-hydrogen) atoms. The van der Waals surface area contributed by atoms with Gasteiger partial charge < -0.3 is 5.11 Å². The van der Waals surface area contributed by atoms with Crippen LogP contribution in [-0.2, 0) is 0 Å². The van der Waals surface area contributed by atoms with Crippen LogP contribution in [0.25, 0.3) is 0 Å². The average Bonchev–Trinajstić information content (AvgIpc) is 2.19. The molecule has 0 bridgehead atoms. The molecular weight excluding hydrogens is 216 g/mol. The third kappa shape index (κ3) is 7.53. The largest absolute Gasteiger partial charge is 0.400 e. The molecule has 0 spiro atoms. The fourth-order valence-corrected chi connectivity index (χ4v) is 2.13. The number of benzene rings is 1. The van der Waals surface area contributed by atoms with Crippen LogP contribution in [0.1, 0.15) is 0 Å². The zero-order chi connectivity index (χ0) is 11.9. The first kappa shape index (κ1) is 14.6. The third-order valence-corrected chi connectivity index (χ3v) is 4.80. The predicted molar refractivity (Wildman–Crippen MR) is 75.4 cm³/mol. The summed E-state index contributed by atoms with van der Waals surface area (Å²) in [5.41, 5.74) is 0. The summed E-state index contributed by atoms with van der Waals surface area (Å²) in [6.45, 7) is 11.3. The number of hydrogen-bond acceptors (Lipinski definition) is 1. The Hall–Kier alpha value is -0.386. The summed E-state index contributed by atoms with van der Waals surface area (Å²) in [6, 6.07) is 10.8. The van der Waals surface area contributed by atoms with Crippen molar-refractivity contribution in [2.24, 2.45) is 0 Å². The SMILES string of the molecule is C[SiH](C)CO.C[Si](C)(C)c1ccccc1. The molecule has 0 aliphatic heterocycles. The van der Waals surface area contributed by atoms with E-state index in [1.807, 2.05) is 0 Å². The van der Waals surface area contributed by atoms with Crippen LogP contribution < -0.4 is 5.19 Å². The molecule has 1 aromatic rings. The highest BCUT2D eigenvalue weighted by molar-refractivity contribution is 6.88. The topological polar surface area (TPSA) is 20.2 Å². The Morgan fingerprint density at radius 1 is 1.07 bits per heavy atom. The lowest BCUT2D eigenvalue weighted by Gasteiger charge is -2.15. The van der Waals surface area contributed by atoms with Crippen LogP contribution in [0.5, 0.6) is 0 Å². The minimum absolute atomic E-state index is 0.444. The van der Waals surface area contributed by atoms with Crippen LogP contribution in [0.2, 0.25) is 32.7 Å². The Morgan fingerprint density at radius 2 is 1.47 bits per heavy atom. The van der Waals surface area contributed by atoms with Gasteiger partial charge in [-0.25, -0.2) is 0 Å². The van der Waals surface area contributed by atoms with E-state index in [0.29, 0.717) is 6.23 Å². The lowest BCUT2D eigenvalue weighted by molar-refractivity contribution is 0.363. The Morgan fingerprint density at radius 3 is 1.67 bits per heavy atom. The molecule has 3 heteroatoms. The van der Waals surface area contributed by atoms with Crippen molar-refractivity contribution in [3.63, 3.8) is 0 Å². The first-order valence-electron chi connectivity index (χ1n) is 5.54. The van der Waals surface area contributed by atoms with Gasteiger partial charge in [0.25, 0.3) is 0 Å². The first-order valence-corrected chi connectivity index (χ1v) is 12.2. The second-order valence-electron chi connectivity index (χ2n) is 5.19. The van der Waals surface area contributed by atoms with E-state index >= 15 is 0 Å². The highest BCUT2D eigenvalue weighted by Crippen LogP contribution is 2.00. The van der Waals surface area contributed by atoms with E-state index in [0.717, 1.165) is 0 Å². The molecule has 1 aromatic carbocycles. The summed E-state index contributed by atoms with van der Waals surface area (Å²) in [7, 11) is -1.63. The number of aliphatic hydroxyl groups excluding tert-OH is 1. The third-order valence-electron chi connectivity index (χ3n) is 2.00. The van der Waals surface area contributed by atoms with Crippen molar-refractivity contribution in [1.82, 2.24) is 0 Å². The first-order chi connectivity index (χ1) is 6.88. The molecule has 1 rings (SSSR count). The Bertz CT molecular complexity index is 252. The van der Waals surface area contributed by atoms with Crippen LogP contribution >= 0.6 is 0 Å². The van der Waals surface area contributed by atoms with Gasteiger partial charge in [-0.05, 0) is 0 Å². The van der Waals surface area contributed by atoms with Gasteiger partial charge in [0.2, 0.25) is 0 Å². The fraction of sp³-hybridized carbons (Fsp3) is 0.500. The summed E-state index contributed by atoms with van der Waals surface area (Å²) in [5.74, 6) is 0. The number of aliphatic hydroxyl groups is 1. The zero-order valence-corrected chi connectivity index (χ0v) is 12.8. The molecule has 1 nitrogen and oxygen atoms in total. The van der Waals surface area contributed by atoms with Gasteiger partial charge in [-0.2, -0.15) is 0 Å². The van der Waals surface area contributed by atoms with Crippen molar-refractivity contribution >= 4 is 22.1 Å². The number of hydrogen-bond donors (Lipinski definition) is 1. The van der Waals surface area contributed by atoms with Gasteiger partial charge in [-0.1, -0.05) is 68.3 Å². The predicted octanol–water partition coefficient (Wildman–Crippen LogP) is 2.24. The van der Waals surface area contributed by atoms with Crippen LogP contribution in [0.4, 0.5) is 0 Å². The molecule has 0 aliphatic carbocycles. The standard InChI is InChI=1S/C9H14Si.C3H10OSi/c1-10(2,3)9-7-5-4-6-8-9;1-5(2)3-4/h4-8H,1-3H3;4-5H,3H2,1-2H3. The smallest absolute Gasteiger partial charge is 0.0775 e. The van der Waals surface area contributed by atoms with Gasteiger partial charge in [0.1, 0.15) is 0 Å². The van der Waals surface area contributed by atoms with E-state index in [1.54, 1.807) is 0 Å². The molecule has 0 radical (unpaired) electrons. The molecular formula is C12H24OSi2. The molecule has 0 saturated carbocycles. The second-order valence-corrected chi connectivity index (χ2v) is 13.4. The lowest BCUT2D eigenvalue weighted by atomic mass is 10.4. The maximum Gasteiger partial charge on any atom is 0.0775 e. The van der Waals surface area contributed by atoms with Crippen molar-refractivity contribution in [3.8, 4) is 0 Å². The van der Waals surface area contributed by atoms with Gasteiger partial charge in [-0.15, -0.1) is 0 Å². The van der Waals surface area contributed by atoms with Gasteiger partial charge in [0.05, 0.1) is 16.9 Å². The molecule has 0 aliphatic rings. The van der Waals surface area contributed by atoms with Crippen molar-refractivity contribution in [2.75, 3.05) is 6.23 Å². The maximum absolute atomic E-state index is 8.21. The van der Waals surface area contributed by atoms with E-state index in [9.17, 15) is 0 Å². The monoisotopic (exact) mass is 240 g/mol.